The average molecular weight is 237 g/mol. The molecule has 0 heterocycles. The average Bonchev–Trinajstić information content (AvgIpc) is 2.26. The summed E-state index contributed by atoms with van der Waals surface area (Å²) in [6, 6.07) is 7.07. The Morgan fingerprint density at radius 3 is 2.71 bits per heavy atom. The van der Waals surface area contributed by atoms with E-state index < -0.39 is 12.1 Å². The minimum atomic E-state index is -0.875. The standard InChI is InChI=1S/C12H15NO4/c1-2-17-12(16)13-8-10-5-3-4-9(6-10)7-11(14)15/h3-6H,2,7-8H2,1H3,(H,13,16)(H,14,15). The van der Waals surface area contributed by atoms with Crippen LogP contribution in [-0.2, 0) is 22.5 Å². The van der Waals surface area contributed by atoms with E-state index in [2.05, 4.69) is 5.32 Å². The summed E-state index contributed by atoms with van der Waals surface area (Å²) in [7, 11) is 0. The van der Waals surface area contributed by atoms with Gasteiger partial charge in [0, 0.05) is 6.54 Å². The Labute approximate surface area is 99.4 Å². The van der Waals surface area contributed by atoms with E-state index in [-0.39, 0.29) is 6.42 Å². The first-order chi connectivity index (χ1) is 8.11. The number of benzene rings is 1. The normalized spacial score (nSPS) is 9.71. The molecule has 1 amide bonds. The molecule has 0 fully saturated rings. The molecule has 0 aromatic heterocycles. The van der Waals surface area contributed by atoms with Gasteiger partial charge in [0.2, 0.25) is 0 Å². The maximum absolute atomic E-state index is 11.1. The van der Waals surface area contributed by atoms with Crippen LogP contribution in [0.25, 0.3) is 0 Å². The Kier molecular flexibility index (Phi) is 5.00. The van der Waals surface area contributed by atoms with Gasteiger partial charge in [-0.1, -0.05) is 24.3 Å². The smallest absolute Gasteiger partial charge is 0.407 e. The fourth-order valence-corrected chi connectivity index (χ4v) is 1.38. The first kappa shape index (κ1) is 13.0. The SMILES string of the molecule is CCOC(=O)NCc1cccc(CC(=O)O)c1. The Morgan fingerprint density at radius 2 is 2.06 bits per heavy atom. The summed E-state index contributed by atoms with van der Waals surface area (Å²) < 4.78 is 4.71. The quantitative estimate of drug-likeness (QED) is 0.814. The van der Waals surface area contributed by atoms with E-state index in [4.69, 9.17) is 9.84 Å². The number of rotatable bonds is 5. The van der Waals surface area contributed by atoms with Gasteiger partial charge in [0.1, 0.15) is 0 Å². The fourth-order valence-electron chi connectivity index (χ4n) is 1.38. The number of carboxylic acids is 1. The van der Waals surface area contributed by atoms with Crippen LogP contribution < -0.4 is 5.32 Å². The van der Waals surface area contributed by atoms with Crippen molar-refractivity contribution < 1.29 is 19.4 Å². The third-order valence-corrected chi connectivity index (χ3v) is 2.06. The van der Waals surface area contributed by atoms with Crippen LogP contribution in [-0.4, -0.2) is 23.8 Å². The topological polar surface area (TPSA) is 75.6 Å². The van der Waals surface area contributed by atoms with Crippen molar-refractivity contribution in [1.82, 2.24) is 5.32 Å². The molecule has 1 aromatic rings. The summed E-state index contributed by atoms with van der Waals surface area (Å²) in [5.74, 6) is -0.875. The number of aliphatic carboxylic acids is 1. The van der Waals surface area contributed by atoms with Gasteiger partial charge in [0.25, 0.3) is 0 Å². The Morgan fingerprint density at radius 1 is 1.35 bits per heavy atom. The van der Waals surface area contributed by atoms with Crippen LogP contribution in [0.5, 0.6) is 0 Å². The number of hydrogen-bond acceptors (Lipinski definition) is 3. The molecular weight excluding hydrogens is 222 g/mol. The highest BCUT2D eigenvalue weighted by molar-refractivity contribution is 5.70. The molecule has 0 radical (unpaired) electrons. The molecule has 0 unspecified atom stereocenters. The number of amides is 1. The van der Waals surface area contributed by atoms with Gasteiger partial charge in [0.15, 0.2) is 0 Å². The number of nitrogens with one attached hydrogen (secondary N) is 1. The lowest BCUT2D eigenvalue weighted by atomic mass is 10.1. The van der Waals surface area contributed by atoms with Gasteiger partial charge < -0.3 is 15.2 Å². The molecule has 0 spiro atoms. The highest BCUT2D eigenvalue weighted by Crippen LogP contribution is 2.06. The van der Waals surface area contributed by atoms with Crippen molar-refractivity contribution >= 4 is 12.1 Å². The van der Waals surface area contributed by atoms with Crippen LogP contribution in [0.3, 0.4) is 0 Å². The predicted octanol–water partition coefficient (Wildman–Crippen LogP) is 1.56. The van der Waals surface area contributed by atoms with E-state index in [1.54, 1.807) is 25.1 Å². The summed E-state index contributed by atoms with van der Waals surface area (Å²) in [6.07, 6.45) is -0.496. The number of hydrogen-bond donors (Lipinski definition) is 2. The van der Waals surface area contributed by atoms with Crippen molar-refractivity contribution in [3.05, 3.63) is 35.4 Å². The van der Waals surface area contributed by atoms with Gasteiger partial charge in [-0.2, -0.15) is 0 Å². The molecule has 1 rings (SSSR count). The van der Waals surface area contributed by atoms with E-state index in [9.17, 15) is 9.59 Å². The predicted molar refractivity (Wildman–Crippen MR) is 61.6 cm³/mol. The third-order valence-electron chi connectivity index (χ3n) is 2.06. The second-order valence-corrected chi connectivity index (χ2v) is 3.46. The minimum absolute atomic E-state index is 0.0206. The van der Waals surface area contributed by atoms with Gasteiger partial charge in [-0.25, -0.2) is 4.79 Å². The highest BCUT2D eigenvalue weighted by Gasteiger charge is 2.03. The van der Waals surface area contributed by atoms with Crippen molar-refractivity contribution in [2.75, 3.05) is 6.61 Å². The fraction of sp³-hybridized carbons (Fsp3) is 0.333. The number of ether oxygens (including phenoxy) is 1. The molecule has 17 heavy (non-hydrogen) atoms. The monoisotopic (exact) mass is 237 g/mol. The Bertz CT molecular complexity index is 403. The lowest BCUT2D eigenvalue weighted by Crippen LogP contribution is -2.23. The van der Waals surface area contributed by atoms with Gasteiger partial charge >= 0.3 is 12.1 Å². The molecule has 0 aliphatic heterocycles. The maximum Gasteiger partial charge on any atom is 0.407 e. The molecule has 0 saturated heterocycles. The molecular formula is C12H15NO4. The van der Waals surface area contributed by atoms with Crippen molar-refractivity contribution in [1.29, 1.82) is 0 Å². The van der Waals surface area contributed by atoms with E-state index in [0.29, 0.717) is 18.7 Å². The summed E-state index contributed by atoms with van der Waals surface area (Å²) in [4.78, 5) is 21.6. The molecule has 0 aliphatic rings. The first-order valence-electron chi connectivity index (χ1n) is 5.32. The van der Waals surface area contributed by atoms with E-state index in [0.717, 1.165) is 5.56 Å². The maximum atomic E-state index is 11.1. The van der Waals surface area contributed by atoms with Crippen LogP contribution >= 0.6 is 0 Å². The number of carbonyl (C=O) groups excluding carboxylic acids is 1. The van der Waals surface area contributed by atoms with Crippen LogP contribution in [0, 0.1) is 0 Å². The zero-order valence-corrected chi connectivity index (χ0v) is 9.60. The van der Waals surface area contributed by atoms with Crippen LogP contribution in [0.2, 0.25) is 0 Å². The zero-order valence-electron chi connectivity index (χ0n) is 9.60. The molecule has 2 N–H and O–H groups in total. The summed E-state index contributed by atoms with van der Waals surface area (Å²) in [6.45, 7) is 2.38. The van der Waals surface area contributed by atoms with Crippen molar-refractivity contribution in [2.24, 2.45) is 0 Å². The Balaban J connectivity index is 2.53. The lowest BCUT2D eigenvalue weighted by Gasteiger charge is -2.06. The van der Waals surface area contributed by atoms with Crippen molar-refractivity contribution in [3.8, 4) is 0 Å². The lowest BCUT2D eigenvalue weighted by molar-refractivity contribution is -0.136. The second-order valence-electron chi connectivity index (χ2n) is 3.46. The van der Waals surface area contributed by atoms with E-state index >= 15 is 0 Å². The number of carboxylic acid groups (broad SMARTS) is 1. The second kappa shape index (κ2) is 6.52. The molecule has 0 aliphatic carbocycles. The van der Waals surface area contributed by atoms with Crippen LogP contribution in [0.4, 0.5) is 4.79 Å². The van der Waals surface area contributed by atoms with E-state index in [1.165, 1.54) is 0 Å². The highest BCUT2D eigenvalue weighted by atomic mass is 16.5. The van der Waals surface area contributed by atoms with Gasteiger partial charge in [-0.15, -0.1) is 0 Å². The van der Waals surface area contributed by atoms with Crippen LogP contribution in [0.1, 0.15) is 18.1 Å². The van der Waals surface area contributed by atoms with Gasteiger partial charge in [0.05, 0.1) is 13.0 Å². The molecule has 1 aromatic carbocycles. The summed E-state index contributed by atoms with van der Waals surface area (Å²) in [5.41, 5.74) is 1.55. The molecule has 0 bridgehead atoms. The molecule has 0 atom stereocenters. The molecule has 0 saturated carbocycles. The van der Waals surface area contributed by atoms with E-state index in [1.807, 2.05) is 6.07 Å². The van der Waals surface area contributed by atoms with Crippen LogP contribution in [0.15, 0.2) is 24.3 Å². The van der Waals surface area contributed by atoms with Crippen molar-refractivity contribution in [3.63, 3.8) is 0 Å². The van der Waals surface area contributed by atoms with Crippen molar-refractivity contribution in [2.45, 2.75) is 19.9 Å². The largest absolute Gasteiger partial charge is 0.481 e. The Hall–Kier alpha value is -2.04. The van der Waals surface area contributed by atoms with Gasteiger partial charge in [-0.05, 0) is 18.1 Å². The first-order valence-corrected chi connectivity index (χ1v) is 5.32. The number of alkyl carbamates (subject to hydrolysis) is 1. The molecule has 5 heteroatoms. The minimum Gasteiger partial charge on any atom is -0.481 e. The summed E-state index contributed by atoms with van der Waals surface area (Å²) in [5, 5.41) is 11.2. The zero-order chi connectivity index (χ0) is 12.7. The molecule has 92 valence electrons. The molecule has 5 nitrogen and oxygen atoms in total. The van der Waals surface area contributed by atoms with Gasteiger partial charge in [-0.3, -0.25) is 4.79 Å². The number of carbonyl (C=O) groups is 2. The summed E-state index contributed by atoms with van der Waals surface area (Å²) >= 11 is 0. The third kappa shape index (κ3) is 5.01.